The molecule has 0 atom stereocenters. The summed E-state index contributed by atoms with van der Waals surface area (Å²) in [6, 6.07) is 3.47. The van der Waals surface area contributed by atoms with E-state index in [4.69, 9.17) is 0 Å². The molecule has 0 amide bonds. The average Bonchev–Trinajstić information content (AvgIpc) is 2.43. The highest BCUT2D eigenvalue weighted by molar-refractivity contribution is 5.53. The van der Waals surface area contributed by atoms with Crippen LogP contribution >= 0.6 is 0 Å². The van der Waals surface area contributed by atoms with Gasteiger partial charge < -0.3 is 9.47 Å². The molecule has 0 fully saturated rings. The van der Waals surface area contributed by atoms with Crippen LogP contribution in [0.5, 0.6) is 0 Å². The number of aryl methyl sites for hydroxylation is 1. The van der Waals surface area contributed by atoms with Crippen molar-refractivity contribution in [1.82, 2.24) is 9.47 Å². The number of allylic oxidation sites excluding steroid dienone is 4. The number of pyridine rings is 1. The molecule has 0 spiro atoms. The molecule has 3 heteroatoms. The van der Waals surface area contributed by atoms with E-state index in [-0.39, 0.29) is 5.56 Å². The Hall–Kier alpha value is -2.03. The maximum atomic E-state index is 11.4. The Morgan fingerprint density at radius 2 is 1.95 bits per heavy atom. The topological polar surface area (TPSA) is 25.2 Å². The van der Waals surface area contributed by atoms with Gasteiger partial charge in [-0.15, -0.1) is 0 Å². The fourth-order valence-corrected chi connectivity index (χ4v) is 2.47. The molecule has 0 unspecified atom stereocenters. The van der Waals surface area contributed by atoms with Gasteiger partial charge >= 0.3 is 0 Å². The van der Waals surface area contributed by atoms with E-state index in [9.17, 15) is 4.79 Å². The first-order valence-electron chi connectivity index (χ1n) is 7.03. The lowest BCUT2D eigenvalue weighted by Gasteiger charge is -2.27. The van der Waals surface area contributed by atoms with Crippen LogP contribution in [0.1, 0.15) is 25.3 Å². The summed E-state index contributed by atoms with van der Waals surface area (Å²) in [6.45, 7) is 3.15. The molecular weight excluding hydrogens is 248 g/mol. The number of aromatic nitrogens is 1. The summed E-state index contributed by atoms with van der Waals surface area (Å²) >= 11 is 0. The van der Waals surface area contributed by atoms with E-state index < -0.39 is 0 Å². The Morgan fingerprint density at radius 3 is 2.65 bits per heavy atom. The minimum absolute atomic E-state index is 0.0216. The summed E-state index contributed by atoms with van der Waals surface area (Å²) < 4.78 is 1.61. The predicted molar refractivity (Wildman–Crippen MR) is 84.4 cm³/mol. The molecule has 1 aliphatic heterocycles. The van der Waals surface area contributed by atoms with E-state index >= 15 is 0 Å². The maximum absolute atomic E-state index is 11.4. The molecule has 106 valence electrons. The summed E-state index contributed by atoms with van der Waals surface area (Å²) in [5.41, 5.74) is 3.71. The second-order valence-corrected chi connectivity index (χ2v) is 5.18. The van der Waals surface area contributed by atoms with Crippen molar-refractivity contribution in [1.29, 1.82) is 0 Å². The van der Waals surface area contributed by atoms with E-state index in [0.717, 1.165) is 18.5 Å². The fraction of sp³-hybridized carbons (Fsp3) is 0.353. The Labute approximate surface area is 120 Å². The van der Waals surface area contributed by atoms with Crippen molar-refractivity contribution in [3.8, 4) is 0 Å². The zero-order chi connectivity index (χ0) is 14.5. The van der Waals surface area contributed by atoms with Crippen LogP contribution in [0.25, 0.3) is 6.08 Å². The second kappa shape index (κ2) is 6.42. The molecule has 2 heterocycles. The fourth-order valence-electron chi connectivity index (χ4n) is 2.47. The van der Waals surface area contributed by atoms with Crippen LogP contribution in [0.4, 0.5) is 0 Å². The van der Waals surface area contributed by atoms with Crippen LogP contribution in [0.2, 0.25) is 0 Å². The smallest absolute Gasteiger partial charge is 0.250 e. The van der Waals surface area contributed by atoms with Crippen LogP contribution in [-0.2, 0) is 7.05 Å². The molecule has 2 rings (SSSR count). The Kier molecular flexibility index (Phi) is 4.61. The summed E-state index contributed by atoms with van der Waals surface area (Å²) in [4.78, 5) is 13.7. The van der Waals surface area contributed by atoms with Crippen molar-refractivity contribution in [3.05, 3.63) is 63.7 Å². The summed E-state index contributed by atoms with van der Waals surface area (Å²) in [5, 5.41) is 0. The van der Waals surface area contributed by atoms with Crippen molar-refractivity contribution < 1.29 is 0 Å². The third-order valence-corrected chi connectivity index (χ3v) is 3.59. The van der Waals surface area contributed by atoms with Crippen molar-refractivity contribution in [3.63, 3.8) is 0 Å². The minimum Gasteiger partial charge on any atom is -0.374 e. The van der Waals surface area contributed by atoms with Gasteiger partial charge in [0, 0.05) is 38.6 Å². The molecule has 0 N–H and O–H groups in total. The van der Waals surface area contributed by atoms with Crippen LogP contribution in [0.3, 0.4) is 0 Å². The predicted octanol–water partition coefficient (Wildman–Crippen LogP) is 2.95. The molecule has 0 saturated carbocycles. The van der Waals surface area contributed by atoms with E-state index in [1.54, 1.807) is 17.7 Å². The lowest BCUT2D eigenvalue weighted by atomic mass is 10.0. The highest BCUT2D eigenvalue weighted by atomic mass is 16.1. The normalized spacial score (nSPS) is 16.6. The van der Waals surface area contributed by atoms with Crippen molar-refractivity contribution in [2.75, 3.05) is 13.6 Å². The van der Waals surface area contributed by atoms with Crippen molar-refractivity contribution in [2.45, 2.75) is 19.8 Å². The standard InChI is InChI=1S/C17H22N2O/c1-4-6-16-15(7-5-12-18(16)2)10-8-14-9-11-17(20)19(3)13-14/h4,6,8-11,13H,5,7,12H2,1-3H3/b6-4-,10-8+. The molecule has 1 aromatic rings. The largest absolute Gasteiger partial charge is 0.374 e. The van der Waals surface area contributed by atoms with Crippen LogP contribution in [0, 0.1) is 0 Å². The quantitative estimate of drug-likeness (QED) is 0.843. The van der Waals surface area contributed by atoms with Gasteiger partial charge in [-0.25, -0.2) is 0 Å². The second-order valence-electron chi connectivity index (χ2n) is 5.18. The first-order chi connectivity index (χ1) is 9.61. The first-order valence-corrected chi connectivity index (χ1v) is 7.03. The van der Waals surface area contributed by atoms with Gasteiger partial charge in [0.1, 0.15) is 0 Å². The summed E-state index contributed by atoms with van der Waals surface area (Å²) in [6.07, 6.45) is 12.6. The van der Waals surface area contributed by atoms with Gasteiger partial charge in [0.25, 0.3) is 0 Å². The molecular formula is C17H22N2O. The van der Waals surface area contributed by atoms with Crippen molar-refractivity contribution in [2.24, 2.45) is 7.05 Å². The van der Waals surface area contributed by atoms with E-state index in [2.05, 4.69) is 36.3 Å². The SMILES string of the molecule is C/C=C\C1=C(/C=C/c2ccc(=O)n(C)c2)CCCN1C. The maximum Gasteiger partial charge on any atom is 0.250 e. The molecule has 3 nitrogen and oxygen atoms in total. The molecule has 0 aliphatic carbocycles. The number of nitrogens with zero attached hydrogens (tertiary/aromatic N) is 2. The Morgan fingerprint density at radius 1 is 1.15 bits per heavy atom. The summed E-state index contributed by atoms with van der Waals surface area (Å²) in [5.74, 6) is 0. The lowest BCUT2D eigenvalue weighted by Crippen LogP contribution is -2.23. The minimum atomic E-state index is 0.0216. The Bertz CT molecular complexity index is 620. The third-order valence-electron chi connectivity index (χ3n) is 3.59. The highest BCUT2D eigenvalue weighted by Crippen LogP contribution is 2.23. The zero-order valence-corrected chi connectivity index (χ0v) is 12.5. The highest BCUT2D eigenvalue weighted by Gasteiger charge is 2.12. The van der Waals surface area contributed by atoms with Gasteiger partial charge in [0.15, 0.2) is 0 Å². The van der Waals surface area contributed by atoms with Crippen molar-refractivity contribution >= 4 is 6.08 Å². The number of hydrogen-bond acceptors (Lipinski definition) is 2. The van der Waals surface area contributed by atoms with Gasteiger partial charge in [-0.05, 0) is 43.0 Å². The number of rotatable bonds is 3. The molecule has 20 heavy (non-hydrogen) atoms. The monoisotopic (exact) mass is 270 g/mol. The van der Waals surface area contributed by atoms with E-state index in [1.165, 1.54) is 17.7 Å². The average molecular weight is 270 g/mol. The molecule has 0 radical (unpaired) electrons. The number of likely N-dealkylation sites (N-methyl/N-ethyl adjacent to an activating group) is 1. The first kappa shape index (κ1) is 14.4. The van der Waals surface area contributed by atoms with Gasteiger partial charge in [0.2, 0.25) is 5.56 Å². The molecule has 0 saturated heterocycles. The molecule has 1 aromatic heterocycles. The number of hydrogen-bond donors (Lipinski definition) is 0. The van der Waals surface area contributed by atoms with Gasteiger partial charge in [-0.2, -0.15) is 0 Å². The molecule has 0 bridgehead atoms. The van der Waals surface area contributed by atoms with Gasteiger partial charge in [-0.3, -0.25) is 4.79 Å². The van der Waals surface area contributed by atoms with E-state index in [1.807, 2.05) is 19.2 Å². The molecule has 0 aromatic carbocycles. The van der Waals surface area contributed by atoms with Gasteiger partial charge in [0.05, 0.1) is 0 Å². The third kappa shape index (κ3) is 3.29. The Balaban J connectivity index is 2.30. The van der Waals surface area contributed by atoms with Crippen LogP contribution in [0.15, 0.2) is 52.6 Å². The van der Waals surface area contributed by atoms with Crippen LogP contribution < -0.4 is 5.56 Å². The molecule has 1 aliphatic rings. The van der Waals surface area contributed by atoms with Gasteiger partial charge in [-0.1, -0.05) is 18.2 Å². The summed E-state index contributed by atoms with van der Waals surface area (Å²) in [7, 11) is 3.91. The zero-order valence-electron chi connectivity index (χ0n) is 12.5. The van der Waals surface area contributed by atoms with Crippen LogP contribution in [-0.4, -0.2) is 23.1 Å². The van der Waals surface area contributed by atoms with E-state index in [0.29, 0.717) is 0 Å². The lowest BCUT2D eigenvalue weighted by molar-refractivity contribution is 0.394.